The van der Waals surface area contributed by atoms with Crippen molar-refractivity contribution >= 4 is 32.6 Å². The number of carbonyl (C=O) groups is 1. The van der Waals surface area contributed by atoms with E-state index in [4.69, 9.17) is 9.40 Å². The zero-order chi connectivity index (χ0) is 17.2. The summed E-state index contributed by atoms with van der Waals surface area (Å²) in [6, 6.07) is 10.00. The lowest BCUT2D eigenvalue weighted by Gasteiger charge is -2.27. The van der Waals surface area contributed by atoms with E-state index in [1.54, 1.807) is 17.6 Å². The molecule has 0 radical (unpaired) electrons. The van der Waals surface area contributed by atoms with Gasteiger partial charge in [-0.1, -0.05) is 36.7 Å². The third-order valence-electron chi connectivity index (χ3n) is 4.88. The molecule has 1 saturated carbocycles. The van der Waals surface area contributed by atoms with Crippen LogP contribution < -0.4 is 4.90 Å². The first-order valence-corrected chi connectivity index (χ1v) is 9.73. The number of amides is 1. The Labute approximate surface area is 151 Å². The minimum atomic E-state index is 0.109. The number of fused-ring (bicyclic) bond motifs is 1. The van der Waals surface area contributed by atoms with Gasteiger partial charge < -0.3 is 4.42 Å². The van der Waals surface area contributed by atoms with Gasteiger partial charge >= 0.3 is 0 Å². The molecule has 5 heteroatoms. The summed E-state index contributed by atoms with van der Waals surface area (Å²) < 4.78 is 6.62. The Kier molecular flexibility index (Phi) is 4.57. The first-order valence-electron chi connectivity index (χ1n) is 8.91. The first kappa shape index (κ1) is 16.3. The van der Waals surface area contributed by atoms with E-state index >= 15 is 0 Å². The second-order valence-corrected chi connectivity index (χ2v) is 7.82. The number of rotatable bonds is 4. The average molecular weight is 354 g/mol. The van der Waals surface area contributed by atoms with Crippen LogP contribution in [0.3, 0.4) is 0 Å². The minimum absolute atomic E-state index is 0.109. The number of hydrogen-bond acceptors (Lipinski definition) is 4. The van der Waals surface area contributed by atoms with Gasteiger partial charge in [0.05, 0.1) is 23.0 Å². The number of aromatic nitrogens is 1. The van der Waals surface area contributed by atoms with Gasteiger partial charge in [0, 0.05) is 5.92 Å². The van der Waals surface area contributed by atoms with Gasteiger partial charge in [0.2, 0.25) is 5.91 Å². The number of thiazole rings is 1. The lowest BCUT2D eigenvalue weighted by Crippen LogP contribution is -2.36. The fraction of sp³-hybridized carbons (Fsp3) is 0.400. The van der Waals surface area contributed by atoms with Gasteiger partial charge in [-0.15, -0.1) is 0 Å². The highest BCUT2D eigenvalue weighted by atomic mass is 32.1. The van der Waals surface area contributed by atoms with E-state index in [2.05, 4.69) is 19.1 Å². The second kappa shape index (κ2) is 7.00. The number of nitrogens with zero attached hydrogens (tertiary/aromatic N) is 2. The van der Waals surface area contributed by atoms with Crippen molar-refractivity contribution in [1.82, 2.24) is 4.98 Å². The molecular formula is C20H22N2O2S. The zero-order valence-electron chi connectivity index (χ0n) is 14.4. The Morgan fingerprint density at radius 3 is 2.88 bits per heavy atom. The highest BCUT2D eigenvalue weighted by Gasteiger charge is 2.29. The van der Waals surface area contributed by atoms with Crippen molar-refractivity contribution in [1.29, 1.82) is 0 Å². The predicted octanol–water partition coefficient (Wildman–Crippen LogP) is 5.31. The van der Waals surface area contributed by atoms with Crippen LogP contribution in [0.1, 0.15) is 43.4 Å². The SMILES string of the molecule is Cc1ccc2nc(N(Cc3ccco3)C(=O)C3CCCCC3)sc2c1. The molecule has 0 saturated heterocycles. The van der Waals surface area contributed by atoms with E-state index in [0.29, 0.717) is 6.54 Å². The van der Waals surface area contributed by atoms with Crippen LogP contribution >= 0.6 is 11.3 Å². The molecule has 0 spiro atoms. The van der Waals surface area contributed by atoms with Crippen LogP contribution in [0.25, 0.3) is 10.2 Å². The summed E-state index contributed by atoms with van der Waals surface area (Å²) in [5.41, 5.74) is 2.16. The Morgan fingerprint density at radius 2 is 2.12 bits per heavy atom. The number of benzene rings is 1. The maximum Gasteiger partial charge on any atom is 0.232 e. The fourth-order valence-corrected chi connectivity index (χ4v) is 4.57. The van der Waals surface area contributed by atoms with Crippen LogP contribution in [0.2, 0.25) is 0 Å². The number of anilines is 1. The molecular weight excluding hydrogens is 332 g/mol. The number of carbonyl (C=O) groups excluding carboxylic acids is 1. The topological polar surface area (TPSA) is 46.3 Å². The number of furan rings is 1. The van der Waals surface area contributed by atoms with Gasteiger partial charge in [-0.25, -0.2) is 4.98 Å². The third-order valence-corrected chi connectivity index (χ3v) is 5.92. The highest BCUT2D eigenvalue weighted by Crippen LogP contribution is 2.33. The second-order valence-electron chi connectivity index (χ2n) is 6.81. The maximum absolute atomic E-state index is 13.2. The van der Waals surface area contributed by atoms with Crippen LogP contribution in [0.5, 0.6) is 0 Å². The Morgan fingerprint density at radius 1 is 1.28 bits per heavy atom. The monoisotopic (exact) mass is 354 g/mol. The molecule has 1 aliphatic carbocycles. The standard InChI is InChI=1S/C20H22N2O2S/c1-14-9-10-17-18(12-14)25-20(21-17)22(13-16-8-5-11-24-16)19(23)15-6-3-2-4-7-15/h5,8-12,15H,2-4,6-7,13H2,1H3. The molecule has 0 atom stereocenters. The lowest BCUT2D eigenvalue weighted by atomic mass is 9.88. The summed E-state index contributed by atoms with van der Waals surface area (Å²) in [6.45, 7) is 2.52. The van der Waals surface area contributed by atoms with E-state index in [1.165, 1.54) is 12.0 Å². The van der Waals surface area contributed by atoms with E-state index in [9.17, 15) is 4.79 Å². The lowest BCUT2D eigenvalue weighted by molar-refractivity contribution is -0.123. The number of aryl methyl sites for hydroxylation is 1. The summed E-state index contributed by atoms with van der Waals surface area (Å²) in [5, 5.41) is 0.771. The summed E-state index contributed by atoms with van der Waals surface area (Å²) in [4.78, 5) is 19.8. The molecule has 1 aromatic carbocycles. The van der Waals surface area contributed by atoms with E-state index < -0.39 is 0 Å². The van der Waals surface area contributed by atoms with Crippen molar-refractivity contribution in [3.8, 4) is 0 Å². The summed E-state index contributed by atoms with van der Waals surface area (Å²) in [6.07, 6.45) is 7.14. The van der Waals surface area contributed by atoms with Crippen molar-refractivity contribution in [3.63, 3.8) is 0 Å². The molecule has 3 aromatic rings. The zero-order valence-corrected chi connectivity index (χ0v) is 15.2. The van der Waals surface area contributed by atoms with E-state index in [1.807, 2.05) is 23.1 Å². The Hall–Kier alpha value is -2.14. The Balaban J connectivity index is 1.68. The minimum Gasteiger partial charge on any atom is -0.467 e. The molecule has 2 heterocycles. The van der Waals surface area contributed by atoms with E-state index in [-0.39, 0.29) is 11.8 Å². The van der Waals surface area contributed by atoms with Crippen LogP contribution in [0, 0.1) is 12.8 Å². The molecule has 1 aliphatic rings. The molecule has 4 nitrogen and oxygen atoms in total. The Bertz CT molecular complexity index is 863. The van der Waals surface area contributed by atoms with Crippen molar-refractivity contribution < 1.29 is 9.21 Å². The largest absolute Gasteiger partial charge is 0.467 e. The van der Waals surface area contributed by atoms with Crippen molar-refractivity contribution in [2.24, 2.45) is 5.92 Å². The molecule has 1 amide bonds. The molecule has 130 valence electrons. The van der Waals surface area contributed by atoms with Gasteiger partial charge in [-0.05, 0) is 49.6 Å². The van der Waals surface area contributed by atoms with Crippen molar-refractivity contribution in [2.75, 3.05) is 4.90 Å². The van der Waals surface area contributed by atoms with Crippen molar-refractivity contribution in [2.45, 2.75) is 45.6 Å². The summed E-state index contributed by atoms with van der Waals surface area (Å²) in [7, 11) is 0. The summed E-state index contributed by atoms with van der Waals surface area (Å²) >= 11 is 1.59. The number of hydrogen-bond donors (Lipinski definition) is 0. The molecule has 0 aliphatic heterocycles. The van der Waals surface area contributed by atoms with Gasteiger partial charge in [0.25, 0.3) is 0 Å². The van der Waals surface area contributed by atoms with E-state index in [0.717, 1.165) is 46.8 Å². The normalized spacial score (nSPS) is 15.6. The first-order chi connectivity index (χ1) is 12.2. The van der Waals surface area contributed by atoms with Crippen LogP contribution in [0.4, 0.5) is 5.13 Å². The van der Waals surface area contributed by atoms with Crippen LogP contribution in [-0.2, 0) is 11.3 Å². The highest BCUT2D eigenvalue weighted by molar-refractivity contribution is 7.22. The van der Waals surface area contributed by atoms with Crippen LogP contribution in [0.15, 0.2) is 41.0 Å². The quantitative estimate of drug-likeness (QED) is 0.638. The average Bonchev–Trinajstić information content (AvgIpc) is 3.28. The molecule has 2 aromatic heterocycles. The molecule has 25 heavy (non-hydrogen) atoms. The van der Waals surface area contributed by atoms with Crippen molar-refractivity contribution in [3.05, 3.63) is 47.9 Å². The molecule has 0 N–H and O–H groups in total. The molecule has 1 fully saturated rings. The molecule has 0 bridgehead atoms. The van der Waals surface area contributed by atoms with Crippen LogP contribution in [-0.4, -0.2) is 10.9 Å². The molecule has 4 rings (SSSR count). The predicted molar refractivity (Wildman–Crippen MR) is 101 cm³/mol. The maximum atomic E-state index is 13.2. The van der Waals surface area contributed by atoms with Gasteiger partial charge in [0.15, 0.2) is 5.13 Å². The smallest absolute Gasteiger partial charge is 0.232 e. The summed E-state index contributed by atoms with van der Waals surface area (Å²) in [5.74, 6) is 1.09. The van der Waals surface area contributed by atoms with Gasteiger partial charge in [0.1, 0.15) is 5.76 Å². The van der Waals surface area contributed by atoms with Gasteiger partial charge in [-0.2, -0.15) is 0 Å². The van der Waals surface area contributed by atoms with Gasteiger partial charge in [-0.3, -0.25) is 9.69 Å². The fourth-order valence-electron chi connectivity index (χ4n) is 3.50. The third kappa shape index (κ3) is 3.47. The molecule has 0 unspecified atom stereocenters.